The summed E-state index contributed by atoms with van der Waals surface area (Å²) < 4.78 is 13.4. The Labute approximate surface area is 100 Å². The molecule has 78 valence electrons. The number of rotatable bonds is 3. The molecule has 2 aromatic rings. The van der Waals surface area contributed by atoms with Crippen LogP contribution in [-0.4, -0.2) is 10.3 Å². The van der Waals surface area contributed by atoms with Crippen molar-refractivity contribution in [3.05, 3.63) is 41.2 Å². The molecule has 0 amide bonds. The van der Waals surface area contributed by atoms with Gasteiger partial charge in [0.05, 0.1) is 5.69 Å². The minimum absolute atomic E-state index is 0.211. The molecule has 1 aromatic carbocycles. The van der Waals surface area contributed by atoms with E-state index in [0.29, 0.717) is 5.56 Å². The van der Waals surface area contributed by atoms with Gasteiger partial charge in [0.1, 0.15) is 10.8 Å². The first kappa shape index (κ1) is 10.8. The van der Waals surface area contributed by atoms with Crippen LogP contribution in [0.4, 0.5) is 4.39 Å². The lowest BCUT2D eigenvalue weighted by Crippen LogP contribution is -1.87. The van der Waals surface area contributed by atoms with E-state index in [9.17, 15) is 4.39 Å². The molecule has 2 rings (SSSR count). The minimum atomic E-state index is -0.211. The number of thiazole rings is 1. The lowest BCUT2D eigenvalue weighted by molar-refractivity contribution is 0.631. The molecule has 4 heteroatoms. The van der Waals surface area contributed by atoms with E-state index in [2.05, 4.69) is 20.9 Å². The summed E-state index contributed by atoms with van der Waals surface area (Å²) >= 11 is 4.84. The van der Waals surface area contributed by atoms with Gasteiger partial charge in [0.2, 0.25) is 0 Å². The molecule has 0 aliphatic heterocycles. The summed E-state index contributed by atoms with van der Waals surface area (Å²) in [5, 5.41) is 3.61. The van der Waals surface area contributed by atoms with Gasteiger partial charge in [0.25, 0.3) is 0 Å². The van der Waals surface area contributed by atoms with Crippen LogP contribution in [0.1, 0.15) is 5.69 Å². The van der Waals surface area contributed by atoms with Crippen molar-refractivity contribution >= 4 is 27.3 Å². The predicted molar refractivity (Wildman–Crippen MR) is 65.0 cm³/mol. The Morgan fingerprint density at radius 3 is 2.87 bits per heavy atom. The monoisotopic (exact) mass is 285 g/mol. The SMILES string of the molecule is Fc1ccccc1-c1nc(CCBr)cs1. The molecule has 0 bridgehead atoms. The Hall–Kier alpha value is -0.740. The van der Waals surface area contributed by atoms with Crippen LogP contribution >= 0.6 is 27.3 Å². The summed E-state index contributed by atoms with van der Waals surface area (Å²) in [6.45, 7) is 0. The van der Waals surface area contributed by atoms with Crippen LogP contribution in [0.3, 0.4) is 0 Å². The zero-order valence-electron chi connectivity index (χ0n) is 7.91. The number of aryl methyl sites for hydroxylation is 1. The smallest absolute Gasteiger partial charge is 0.133 e. The Kier molecular flexibility index (Phi) is 3.49. The predicted octanol–water partition coefficient (Wildman–Crippen LogP) is 3.89. The van der Waals surface area contributed by atoms with E-state index in [1.807, 2.05) is 11.4 Å². The van der Waals surface area contributed by atoms with Crippen LogP contribution in [0.15, 0.2) is 29.6 Å². The third-order valence-electron chi connectivity index (χ3n) is 2.01. The molecular formula is C11H9BrFNS. The number of benzene rings is 1. The van der Waals surface area contributed by atoms with Crippen molar-refractivity contribution in [1.29, 1.82) is 0 Å². The summed E-state index contributed by atoms with van der Waals surface area (Å²) in [5.74, 6) is -0.211. The van der Waals surface area contributed by atoms with Gasteiger partial charge >= 0.3 is 0 Å². The summed E-state index contributed by atoms with van der Waals surface area (Å²) in [6.07, 6.45) is 0.880. The molecule has 1 heterocycles. The minimum Gasteiger partial charge on any atom is -0.241 e. The van der Waals surface area contributed by atoms with Gasteiger partial charge in [-0.15, -0.1) is 11.3 Å². The van der Waals surface area contributed by atoms with Crippen molar-refractivity contribution in [2.45, 2.75) is 6.42 Å². The highest BCUT2D eigenvalue weighted by Gasteiger charge is 2.08. The first-order valence-electron chi connectivity index (χ1n) is 4.56. The summed E-state index contributed by atoms with van der Waals surface area (Å²) in [6, 6.07) is 6.72. The molecule has 0 radical (unpaired) electrons. The summed E-state index contributed by atoms with van der Waals surface area (Å²) in [5.41, 5.74) is 1.60. The second-order valence-corrected chi connectivity index (χ2v) is 4.71. The van der Waals surface area contributed by atoms with E-state index in [-0.39, 0.29) is 5.82 Å². The molecule has 15 heavy (non-hydrogen) atoms. The Balaban J connectivity index is 2.33. The van der Waals surface area contributed by atoms with Gasteiger partial charge in [0, 0.05) is 22.7 Å². The molecular weight excluding hydrogens is 277 g/mol. The van der Waals surface area contributed by atoms with Gasteiger partial charge in [-0.3, -0.25) is 0 Å². The number of hydrogen-bond donors (Lipinski definition) is 0. The lowest BCUT2D eigenvalue weighted by atomic mass is 10.2. The van der Waals surface area contributed by atoms with Crippen molar-refractivity contribution in [3.63, 3.8) is 0 Å². The van der Waals surface area contributed by atoms with Gasteiger partial charge in [-0.05, 0) is 12.1 Å². The number of nitrogens with zero attached hydrogens (tertiary/aromatic N) is 1. The highest BCUT2D eigenvalue weighted by atomic mass is 79.9. The van der Waals surface area contributed by atoms with Gasteiger partial charge < -0.3 is 0 Å². The van der Waals surface area contributed by atoms with E-state index in [1.165, 1.54) is 17.4 Å². The van der Waals surface area contributed by atoms with Crippen molar-refractivity contribution < 1.29 is 4.39 Å². The van der Waals surface area contributed by atoms with Crippen LogP contribution in [0.2, 0.25) is 0 Å². The lowest BCUT2D eigenvalue weighted by Gasteiger charge is -1.96. The van der Waals surface area contributed by atoms with Crippen LogP contribution in [0, 0.1) is 5.82 Å². The molecule has 0 atom stereocenters. The molecule has 0 aliphatic carbocycles. The maximum atomic E-state index is 13.4. The second kappa shape index (κ2) is 4.86. The normalized spacial score (nSPS) is 10.5. The maximum absolute atomic E-state index is 13.4. The summed E-state index contributed by atoms with van der Waals surface area (Å²) in [7, 11) is 0. The fourth-order valence-electron chi connectivity index (χ4n) is 1.28. The van der Waals surface area contributed by atoms with Crippen molar-refractivity contribution in [3.8, 4) is 10.6 Å². The second-order valence-electron chi connectivity index (χ2n) is 3.06. The molecule has 1 nitrogen and oxygen atoms in total. The number of hydrogen-bond acceptors (Lipinski definition) is 2. The first-order valence-corrected chi connectivity index (χ1v) is 6.56. The fraction of sp³-hybridized carbons (Fsp3) is 0.182. The molecule has 0 fully saturated rings. The topological polar surface area (TPSA) is 12.9 Å². The quantitative estimate of drug-likeness (QED) is 0.780. The van der Waals surface area contributed by atoms with E-state index in [4.69, 9.17) is 0 Å². The number of aromatic nitrogens is 1. The molecule has 1 aromatic heterocycles. The standard InChI is InChI=1S/C11H9BrFNS/c12-6-5-8-7-15-11(14-8)9-3-1-2-4-10(9)13/h1-4,7H,5-6H2. The largest absolute Gasteiger partial charge is 0.241 e. The van der Waals surface area contributed by atoms with Crippen LogP contribution in [0.25, 0.3) is 10.6 Å². The molecule has 0 unspecified atom stereocenters. The summed E-state index contributed by atoms with van der Waals surface area (Å²) in [4.78, 5) is 4.38. The fourth-order valence-corrected chi connectivity index (χ4v) is 2.56. The van der Waals surface area contributed by atoms with Crippen LogP contribution in [-0.2, 0) is 6.42 Å². The third-order valence-corrected chi connectivity index (χ3v) is 3.33. The van der Waals surface area contributed by atoms with Gasteiger partial charge in [-0.1, -0.05) is 28.1 Å². The van der Waals surface area contributed by atoms with E-state index in [1.54, 1.807) is 12.1 Å². The van der Waals surface area contributed by atoms with E-state index < -0.39 is 0 Å². The maximum Gasteiger partial charge on any atom is 0.133 e. The zero-order valence-corrected chi connectivity index (χ0v) is 10.3. The zero-order chi connectivity index (χ0) is 10.7. The van der Waals surface area contributed by atoms with Crippen molar-refractivity contribution in [1.82, 2.24) is 4.98 Å². The molecule has 0 saturated carbocycles. The molecule has 0 spiro atoms. The van der Waals surface area contributed by atoms with E-state index in [0.717, 1.165) is 22.5 Å². The van der Waals surface area contributed by atoms with Crippen molar-refractivity contribution in [2.24, 2.45) is 0 Å². The Morgan fingerprint density at radius 1 is 1.33 bits per heavy atom. The van der Waals surface area contributed by atoms with Crippen LogP contribution in [0.5, 0.6) is 0 Å². The number of halogens is 2. The average molecular weight is 286 g/mol. The van der Waals surface area contributed by atoms with Crippen LogP contribution < -0.4 is 0 Å². The first-order chi connectivity index (χ1) is 7.31. The van der Waals surface area contributed by atoms with E-state index >= 15 is 0 Å². The van der Waals surface area contributed by atoms with Gasteiger partial charge in [-0.2, -0.15) is 0 Å². The van der Waals surface area contributed by atoms with Gasteiger partial charge in [-0.25, -0.2) is 9.37 Å². The Bertz CT molecular complexity index is 455. The van der Waals surface area contributed by atoms with Crippen molar-refractivity contribution in [2.75, 3.05) is 5.33 Å². The van der Waals surface area contributed by atoms with Gasteiger partial charge in [0.15, 0.2) is 0 Å². The molecule has 0 N–H and O–H groups in total. The third kappa shape index (κ3) is 2.44. The average Bonchev–Trinajstić information content (AvgIpc) is 2.68. The Morgan fingerprint density at radius 2 is 2.13 bits per heavy atom. The number of alkyl halides is 1. The molecule has 0 saturated heterocycles. The highest BCUT2D eigenvalue weighted by Crippen LogP contribution is 2.26. The highest BCUT2D eigenvalue weighted by molar-refractivity contribution is 9.09. The molecule has 0 aliphatic rings.